The van der Waals surface area contributed by atoms with Crippen LogP contribution in [-0.4, -0.2) is 102 Å². The molecule has 1 aromatic heterocycles. The topological polar surface area (TPSA) is 81.1 Å². The first-order valence-electron chi connectivity index (χ1n) is 10.0. The number of pyridine rings is 1. The summed E-state index contributed by atoms with van der Waals surface area (Å²) < 4.78 is 5.99. The normalized spacial score (nSPS) is 30.3. The van der Waals surface area contributed by atoms with E-state index in [4.69, 9.17) is 4.74 Å². The zero-order chi connectivity index (χ0) is 19.2. The lowest BCUT2D eigenvalue weighted by molar-refractivity contribution is -0.0221. The van der Waals surface area contributed by atoms with Crippen LogP contribution in [0, 0.1) is 0 Å². The van der Waals surface area contributed by atoms with E-state index in [1.54, 1.807) is 6.20 Å². The SMILES string of the molecule is CN1CCC(NCC2OC(CO)C(O)C2N(C)CCc2ccccn2)CC1. The summed E-state index contributed by atoms with van der Waals surface area (Å²) in [5, 5.41) is 23.9. The van der Waals surface area contributed by atoms with E-state index in [1.807, 2.05) is 25.2 Å². The number of likely N-dealkylation sites (N-methyl/N-ethyl adjacent to an activating group) is 1. The van der Waals surface area contributed by atoms with Gasteiger partial charge in [-0.25, -0.2) is 0 Å². The lowest BCUT2D eigenvalue weighted by Crippen LogP contribution is -2.51. The number of hydrogen-bond donors (Lipinski definition) is 3. The van der Waals surface area contributed by atoms with Gasteiger partial charge in [-0.2, -0.15) is 0 Å². The molecule has 3 N–H and O–H groups in total. The molecule has 0 spiro atoms. The molecule has 2 saturated heterocycles. The summed E-state index contributed by atoms with van der Waals surface area (Å²) >= 11 is 0. The molecule has 0 saturated carbocycles. The van der Waals surface area contributed by atoms with Gasteiger partial charge >= 0.3 is 0 Å². The molecule has 4 unspecified atom stereocenters. The Hall–Kier alpha value is -1.09. The highest BCUT2D eigenvalue weighted by Crippen LogP contribution is 2.25. The van der Waals surface area contributed by atoms with Crippen LogP contribution in [0.15, 0.2) is 24.4 Å². The lowest BCUT2D eigenvalue weighted by atomic mass is 10.0. The van der Waals surface area contributed by atoms with Gasteiger partial charge in [0.2, 0.25) is 0 Å². The number of nitrogens with zero attached hydrogens (tertiary/aromatic N) is 3. The second-order valence-corrected chi connectivity index (χ2v) is 7.91. The summed E-state index contributed by atoms with van der Waals surface area (Å²) in [6.45, 7) is 3.54. The third-order valence-electron chi connectivity index (χ3n) is 5.92. The summed E-state index contributed by atoms with van der Waals surface area (Å²) in [5.74, 6) is 0. The molecule has 1 aromatic rings. The number of ether oxygens (including phenoxy) is 1. The second-order valence-electron chi connectivity index (χ2n) is 7.91. The van der Waals surface area contributed by atoms with Crippen molar-refractivity contribution in [2.75, 3.05) is 46.9 Å². The molecule has 27 heavy (non-hydrogen) atoms. The van der Waals surface area contributed by atoms with Gasteiger partial charge in [-0.1, -0.05) is 6.07 Å². The minimum atomic E-state index is -0.687. The highest BCUT2D eigenvalue weighted by Gasteiger charge is 2.45. The van der Waals surface area contributed by atoms with Crippen LogP contribution in [0.3, 0.4) is 0 Å². The molecule has 0 aliphatic carbocycles. The van der Waals surface area contributed by atoms with Crippen molar-refractivity contribution in [2.45, 2.75) is 49.7 Å². The zero-order valence-corrected chi connectivity index (χ0v) is 16.5. The Kier molecular flexibility index (Phi) is 7.57. The van der Waals surface area contributed by atoms with Crippen molar-refractivity contribution in [1.29, 1.82) is 0 Å². The molecule has 2 aliphatic heterocycles. The Labute approximate surface area is 162 Å². The fraction of sp³-hybridized carbons (Fsp3) is 0.750. The fourth-order valence-corrected chi connectivity index (χ4v) is 4.17. The molecular formula is C20H34N4O3. The molecule has 152 valence electrons. The monoisotopic (exact) mass is 378 g/mol. The first-order valence-corrected chi connectivity index (χ1v) is 10.0. The summed E-state index contributed by atoms with van der Waals surface area (Å²) in [7, 11) is 4.17. The number of rotatable bonds is 8. The maximum atomic E-state index is 10.7. The van der Waals surface area contributed by atoms with Crippen LogP contribution < -0.4 is 5.32 Å². The standard InChI is InChI=1S/C20H34N4O3/c1-23-10-6-16(7-11-23)22-13-17-19(20(26)18(14-25)27-17)24(2)12-8-15-5-3-4-9-21-15/h3-5,9,16-20,22,25-26H,6-8,10-14H2,1-2H3. The van der Waals surface area contributed by atoms with Crippen LogP contribution in [-0.2, 0) is 11.2 Å². The van der Waals surface area contributed by atoms with E-state index in [1.165, 1.54) is 0 Å². The van der Waals surface area contributed by atoms with Crippen LogP contribution in [0.1, 0.15) is 18.5 Å². The van der Waals surface area contributed by atoms with Crippen molar-refractivity contribution < 1.29 is 14.9 Å². The molecule has 2 aliphatic rings. The van der Waals surface area contributed by atoms with Gasteiger partial charge in [0.05, 0.1) is 18.8 Å². The minimum absolute atomic E-state index is 0.134. The average molecular weight is 379 g/mol. The molecule has 0 amide bonds. The zero-order valence-electron chi connectivity index (χ0n) is 16.5. The summed E-state index contributed by atoms with van der Waals surface area (Å²) in [5.41, 5.74) is 1.04. The predicted molar refractivity (Wildman–Crippen MR) is 105 cm³/mol. The predicted octanol–water partition coefficient (Wildman–Crippen LogP) is -0.271. The number of nitrogens with one attached hydrogen (secondary N) is 1. The van der Waals surface area contributed by atoms with Crippen molar-refractivity contribution in [3.63, 3.8) is 0 Å². The van der Waals surface area contributed by atoms with Gasteiger partial charge in [0.1, 0.15) is 12.2 Å². The van der Waals surface area contributed by atoms with Gasteiger partial charge in [0.15, 0.2) is 0 Å². The van der Waals surface area contributed by atoms with E-state index in [9.17, 15) is 10.2 Å². The van der Waals surface area contributed by atoms with E-state index in [0.717, 1.165) is 44.6 Å². The first kappa shape index (κ1) is 20.6. The fourth-order valence-electron chi connectivity index (χ4n) is 4.17. The molecule has 7 heteroatoms. The van der Waals surface area contributed by atoms with Gasteiger partial charge in [-0.05, 0) is 52.2 Å². The van der Waals surface area contributed by atoms with Crippen LogP contribution in [0.5, 0.6) is 0 Å². The first-order chi connectivity index (χ1) is 13.1. The molecule has 2 fully saturated rings. The Morgan fingerprint density at radius 2 is 2.07 bits per heavy atom. The van der Waals surface area contributed by atoms with Gasteiger partial charge in [0.25, 0.3) is 0 Å². The molecule has 3 heterocycles. The number of aromatic nitrogens is 1. The quantitative estimate of drug-likeness (QED) is 0.574. The summed E-state index contributed by atoms with van der Waals surface area (Å²) in [6, 6.07) is 6.29. The van der Waals surface area contributed by atoms with Crippen molar-refractivity contribution in [3.05, 3.63) is 30.1 Å². The van der Waals surface area contributed by atoms with Crippen LogP contribution in [0.4, 0.5) is 0 Å². The second kappa shape index (κ2) is 9.91. The van der Waals surface area contributed by atoms with E-state index in [0.29, 0.717) is 12.6 Å². The van der Waals surface area contributed by atoms with Crippen LogP contribution in [0.25, 0.3) is 0 Å². The molecule has 7 nitrogen and oxygen atoms in total. The van der Waals surface area contributed by atoms with Crippen molar-refractivity contribution >= 4 is 0 Å². The molecule has 0 radical (unpaired) electrons. The maximum absolute atomic E-state index is 10.7. The van der Waals surface area contributed by atoms with Crippen molar-refractivity contribution in [1.82, 2.24) is 20.1 Å². The molecule has 0 aromatic carbocycles. The van der Waals surface area contributed by atoms with E-state index < -0.39 is 12.2 Å². The molecular weight excluding hydrogens is 344 g/mol. The van der Waals surface area contributed by atoms with Gasteiger partial charge in [0, 0.05) is 37.4 Å². The Balaban J connectivity index is 1.55. The third kappa shape index (κ3) is 5.47. The number of aliphatic hydroxyl groups excluding tert-OH is 2. The van der Waals surface area contributed by atoms with E-state index in [-0.39, 0.29) is 18.8 Å². The van der Waals surface area contributed by atoms with Crippen LogP contribution in [0.2, 0.25) is 0 Å². The van der Waals surface area contributed by atoms with Gasteiger partial charge in [-0.15, -0.1) is 0 Å². The molecule has 0 bridgehead atoms. The highest BCUT2D eigenvalue weighted by molar-refractivity contribution is 5.04. The largest absolute Gasteiger partial charge is 0.394 e. The Morgan fingerprint density at radius 3 is 2.74 bits per heavy atom. The molecule has 3 rings (SSSR count). The Morgan fingerprint density at radius 1 is 1.30 bits per heavy atom. The maximum Gasteiger partial charge on any atom is 0.109 e. The van der Waals surface area contributed by atoms with E-state index in [2.05, 4.69) is 27.1 Å². The Bertz CT molecular complexity index is 553. The number of likely N-dealkylation sites (tertiary alicyclic amines) is 1. The third-order valence-corrected chi connectivity index (χ3v) is 5.92. The summed E-state index contributed by atoms with van der Waals surface area (Å²) in [4.78, 5) is 8.87. The van der Waals surface area contributed by atoms with Gasteiger partial charge in [-0.3, -0.25) is 9.88 Å². The van der Waals surface area contributed by atoms with E-state index >= 15 is 0 Å². The number of aliphatic hydroxyl groups is 2. The van der Waals surface area contributed by atoms with Gasteiger partial charge < -0.3 is 25.2 Å². The van der Waals surface area contributed by atoms with Crippen molar-refractivity contribution in [2.24, 2.45) is 0 Å². The highest BCUT2D eigenvalue weighted by atomic mass is 16.5. The van der Waals surface area contributed by atoms with Crippen molar-refractivity contribution in [3.8, 4) is 0 Å². The number of hydrogen-bond acceptors (Lipinski definition) is 7. The lowest BCUT2D eigenvalue weighted by Gasteiger charge is -2.33. The smallest absolute Gasteiger partial charge is 0.109 e. The average Bonchev–Trinajstić information content (AvgIpc) is 3.02. The molecule has 4 atom stereocenters. The minimum Gasteiger partial charge on any atom is -0.394 e. The number of piperidine rings is 1. The summed E-state index contributed by atoms with van der Waals surface area (Å²) in [6.07, 6.45) is 3.55. The van der Waals surface area contributed by atoms with Crippen LogP contribution >= 0.6 is 0 Å².